The van der Waals surface area contributed by atoms with E-state index in [1.807, 2.05) is 78.6 Å². The van der Waals surface area contributed by atoms with Crippen LogP contribution in [0.3, 0.4) is 0 Å². The van der Waals surface area contributed by atoms with Gasteiger partial charge in [0.1, 0.15) is 5.75 Å². The minimum atomic E-state index is -0.171. The van der Waals surface area contributed by atoms with E-state index in [-0.39, 0.29) is 11.9 Å². The van der Waals surface area contributed by atoms with E-state index >= 15 is 0 Å². The Balaban J connectivity index is 1.48. The number of ether oxygens (including phenoxy) is 1. The van der Waals surface area contributed by atoms with Crippen molar-refractivity contribution in [2.24, 2.45) is 0 Å². The number of carbonyl (C=O) groups is 2. The molecule has 0 radical (unpaired) electrons. The van der Waals surface area contributed by atoms with E-state index in [9.17, 15) is 9.59 Å². The van der Waals surface area contributed by atoms with Crippen LogP contribution in [0.15, 0.2) is 72.8 Å². The molecule has 0 aliphatic carbocycles. The first kappa shape index (κ1) is 21.4. The van der Waals surface area contributed by atoms with Crippen molar-refractivity contribution >= 4 is 23.3 Å². The number of methoxy groups -OCH3 is 1. The lowest BCUT2D eigenvalue weighted by Crippen LogP contribution is -2.49. The number of hydrogen-bond acceptors (Lipinski definition) is 3. The van der Waals surface area contributed by atoms with Gasteiger partial charge in [-0.15, -0.1) is 0 Å². The molecule has 3 aromatic rings. The normalized spacial score (nSPS) is 13.8. The summed E-state index contributed by atoms with van der Waals surface area (Å²) in [7, 11) is 1.64. The highest BCUT2D eigenvalue weighted by Gasteiger charge is 2.27. The monoisotopic (exact) mass is 429 g/mol. The van der Waals surface area contributed by atoms with E-state index in [1.54, 1.807) is 18.1 Å². The Morgan fingerprint density at radius 2 is 1.81 bits per heavy atom. The van der Waals surface area contributed by atoms with Gasteiger partial charge in [-0.2, -0.15) is 0 Å². The molecule has 3 aromatic carbocycles. The molecule has 6 heteroatoms. The molecule has 4 rings (SSSR count). The molecular formula is C26H27N3O3. The van der Waals surface area contributed by atoms with E-state index in [4.69, 9.17) is 4.74 Å². The molecular weight excluding hydrogens is 402 g/mol. The van der Waals surface area contributed by atoms with E-state index in [1.165, 1.54) is 0 Å². The van der Waals surface area contributed by atoms with Crippen LogP contribution in [0, 0.1) is 6.92 Å². The number of rotatable bonds is 6. The molecule has 164 valence electrons. The van der Waals surface area contributed by atoms with Crippen LogP contribution in [0.5, 0.6) is 5.75 Å². The maximum absolute atomic E-state index is 13.2. The molecule has 0 bridgehead atoms. The van der Waals surface area contributed by atoms with E-state index in [0.717, 1.165) is 29.0 Å². The number of amides is 3. The summed E-state index contributed by atoms with van der Waals surface area (Å²) in [6.45, 7) is 3.83. The predicted molar refractivity (Wildman–Crippen MR) is 126 cm³/mol. The van der Waals surface area contributed by atoms with Crippen molar-refractivity contribution in [2.75, 3.05) is 30.4 Å². The molecule has 1 saturated heterocycles. The van der Waals surface area contributed by atoms with E-state index in [2.05, 4.69) is 5.32 Å². The topological polar surface area (TPSA) is 61.9 Å². The average Bonchev–Trinajstić information content (AvgIpc) is 2.81. The minimum Gasteiger partial charge on any atom is -0.497 e. The van der Waals surface area contributed by atoms with Gasteiger partial charge in [0.05, 0.1) is 7.11 Å². The number of nitrogens with zero attached hydrogens (tertiary/aromatic N) is 2. The van der Waals surface area contributed by atoms with Crippen molar-refractivity contribution in [1.82, 2.24) is 4.90 Å². The quantitative estimate of drug-likeness (QED) is 0.594. The number of benzene rings is 3. The van der Waals surface area contributed by atoms with Gasteiger partial charge in [-0.1, -0.05) is 35.9 Å². The highest BCUT2D eigenvalue weighted by molar-refractivity contribution is 6.05. The summed E-state index contributed by atoms with van der Waals surface area (Å²) < 4.78 is 5.30. The molecule has 1 aliphatic rings. The third kappa shape index (κ3) is 4.91. The Hall–Kier alpha value is -3.80. The van der Waals surface area contributed by atoms with Gasteiger partial charge in [-0.3, -0.25) is 9.69 Å². The summed E-state index contributed by atoms with van der Waals surface area (Å²) in [6, 6.07) is 22.6. The second-order valence-corrected chi connectivity index (χ2v) is 7.93. The summed E-state index contributed by atoms with van der Waals surface area (Å²) >= 11 is 0. The lowest BCUT2D eigenvalue weighted by molar-refractivity contribution is 0.102. The Morgan fingerprint density at radius 3 is 2.62 bits per heavy atom. The lowest BCUT2D eigenvalue weighted by Gasteiger charge is -2.36. The highest BCUT2D eigenvalue weighted by atomic mass is 16.5. The molecule has 3 amide bonds. The standard InChI is InChI=1S/C26H27N3O3/c1-19-7-3-9-21(15-19)25(30)27-22-10-5-11-23(17-22)29-14-6-13-28(26(29)31)18-20-8-4-12-24(16-20)32-2/h3-5,7-12,15-17H,6,13-14,18H2,1-2H3,(H,27,30). The summed E-state index contributed by atoms with van der Waals surface area (Å²) in [4.78, 5) is 29.4. The number of hydrogen-bond donors (Lipinski definition) is 1. The molecule has 0 aromatic heterocycles. The van der Waals surface area contributed by atoms with Crippen molar-refractivity contribution in [1.29, 1.82) is 0 Å². The highest BCUT2D eigenvalue weighted by Crippen LogP contribution is 2.25. The van der Waals surface area contributed by atoms with Crippen molar-refractivity contribution in [3.05, 3.63) is 89.5 Å². The summed E-state index contributed by atoms with van der Waals surface area (Å²) in [5, 5.41) is 2.94. The van der Waals surface area contributed by atoms with Crippen molar-refractivity contribution in [2.45, 2.75) is 19.9 Å². The predicted octanol–water partition coefficient (Wildman–Crippen LogP) is 5.09. The fraction of sp³-hybridized carbons (Fsp3) is 0.231. The molecule has 32 heavy (non-hydrogen) atoms. The zero-order chi connectivity index (χ0) is 22.5. The number of anilines is 2. The van der Waals surface area contributed by atoms with Gasteiger partial charge >= 0.3 is 6.03 Å². The molecule has 6 nitrogen and oxygen atoms in total. The van der Waals surface area contributed by atoms with Crippen molar-refractivity contribution in [3.8, 4) is 5.75 Å². The fourth-order valence-electron chi connectivity index (χ4n) is 3.90. The zero-order valence-corrected chi connectivity index (χ0v) is 18.4. The van der Waals surface area contributed by atoms with Gasteiger partial charge < -0.3 is 15.0 Å². The molecule has 0 atom stereocenters. The third-order valence-electron chi connectivity index (χ3n) is 5.51. The number of nitrogens with one attached hydrogen (secondary N) is 1. The third-order valence-corrected chi connectivity index (χ3v) is 5.51. The van der Waals surface area contributed by atoms with Gasteiger partial charge in [0.25, 0.3) is 5.91 Å². The fourth-order valence-corrected chi connectivity index (χ4v) is 3.90. The summed E-state index contributed by atoms with van der Waals surface area (Å²) in [5.41, 5.74) is 4.09. The van der Waals surface area contributed by atoms with E-state index in [0.29, 0.717) is 30.9 Å². The molecule has 1 N–H and O–H groups in total. The average molecular weight is 430 g/mol. The van der Waals surface area contributed by atoms with Gasteiger partial charge in [0.2, 0.25) is 0 Å². The Kier molecular flexibility index (Phi) is 6.40. The first-order valence-electron chi connectivity index (χ1n) is 10.7. The van der Waals surface area contributed by atoms with Gasteiger partial charge in [0.15, 0.2) is 0 Å². The second-order valence-electron chi connectivity index (χ2n) is 7.93. The van der Waals surface area contributed by atoms with Crippen molar-refractivity contribution in [3.63, 3.8) is 0 Å². The minimum absolute atomic E-state index is 0.0405. The zero-order valence-electron chi connectivity index (χ0n) is 18.4. The molecule has 1 aliphatic heterocycles. The Labute approximate surface area is 188 Å². The molecule has 0 spiro atoms. The van der Waals surface area contributed by atoms with Crippen LogP contribution in [-0.4, -0.2) is 37.0 Å². The maximum atomic E-state index is 13.2. The van der Waals surface area contributed by atoms with Gasteiger partial charge in [-0.05, 0) is 61.4 Å². The summed E-state index contributed by atoms with van der Waals surface area (Å²) in [6.07, 6.45) is 0.871. The van der Waals surface area contributed by atoms with E-state index < -0.39 is 0 Å². The van der Waals surface area contributed by atoms with Crippen LogP contribution in [-0.2, 0) is 6.54 Å². The lowest BCUT2D eigenvalue weighted by atomic mass is 10.1. The number of aryl methyl sites for hydroxylation is 1. The van der Waals surface area contributed by atoms with Crippen LogP contribution in [0.25, 0.3) is 0 Å². The Morgan fingerprint density at radius 1 is 1.00 bits per heavy atom. The van der Waals surface area contributed by atoms with Crippen LogP contribution >= 0.6 is 0 Å². The smallest absolute Gasteiger partial charge is 0.324 e. The Bertz CT molecular complexity index is 1130. The number of urea groups is 1. The number of carbonyl (C=O) groups excluding carboxylic acids is 2. The van der Waals surface area contributed by atoms with Crippen LogP contribution in [0.4, 0.5) is 16.2 Å². The molecule has 0 saturated carbocycles. The summed E-state index contributed by atoms with van der Waals surface area (Å²) in [5.74, 6) is 0.608. The van der Waals surface area contributed by atoms with Crippen LogP contribution in [0.1, 0.15) is 27.9 Å². The first-order valence-corrected chi connectivity index (χ1v) is 10.7. The van der Waals surface area contributed by atoms with Crippen LogP contribution < -0.4 is 15.0 Å². The first-order chi connectivity index (χ1) is 15.5. The SMILES string of the molecule is COc1cccc(CN2CCCN(c3cccc(NC(=O)c4cccc(C)c4)c3)C2=O)c1. The second kappa shape index (κ2) is 9.56. The van der Waals surface area contributed by atoms with Crippen LogP contribution in [0.2, 0.25) is 0 Å². The molecule has 1 heterocycles. The van der Waals surface area contributed by atoms with Gasteiger partial charge in [-0.25, -0.2) is 4.79 Å². The molecule has 1 fully saturated rings. The van der Waals surface area contributed by atoms with Gasteiger partial charge in [0, 0.05) is 36.6 Å². The van der Waals surface area contributed by atoms with Crippen molar-refractivity contribution < 1.29 is 14.3 Å². The largest absolute Gasteiger partial charge is 0.497 e. The molecule has 0 unspecified atom stereocenters. The maximum Gasteiger partial charge on any atom is 0.324 e.